The number of benzene rings is 1. The van der Waals surface area contributed by atoms with Gasteiger partial charge in [-0.15, -0.1) is 12.4 Å². The summed E-state index contributed by atoms with van der Waals surface area (Å²) in [5, 5.41) is 11.6. The van der Waals surface area contributed by atoms with Crippen molar-refractivity contribution in [3.8, 4) is 0 Å². The van der Waals surface area contributed by atoms with Gasteiger partial charge in [0.25, 0.3) is 0 Å². The van der Waals surface area contributed by atoms with Crippen molar-refractivity contribution >= 4 is 18.3 Å². The molecule has 0 bridgehead atoms. The molecule has 0 aromatic heterocycles. The molecule has 4 N–H and O–H groups in total. The number of ether oxygens (including phenoxy) is 1. The summed E-state index contributed by atoms with van der Waals surface area (Å²) in [4.78, 5) is 12.0. The van der Waals surface area contributed by atoms with Crippen molar-refractivity contribution in [2.75, 3.05) is 13.2 Å². The Morgan fingerprint density at radius 3 is 2.73 bits per heavy atom. The van der Waals surface area contributed by atoms with Crippen molar-refractivity contribution in [3.63, 3.8) is 0 Å². The highest BCUT2D eigenvalue weighted by molar-refractivity contribution is 5.85. The molecule has 7 heteroatoms. The molecule has 1 aromatic carbocycles. The Labute approximate surface area is 135 Å². The topological polar surface area (TPSA) is 84.6 Å². The minimum Gasteiger partial charge on any atom is -0.392 e. The zero-order valence-corrected chi connectivity index (χ0v) is 13.1. The summed E-state index contributed by atoms with van der Waals surface area (Å²) in [6, 6.07) is 3.94. The standard InChI is InChI=1S/C15H21FN2O3.ClH/c16-13-7-10(1-2-12(13)9-19)8-18-15(20)14(17)11-3-5-21-6-4-11;/h1-2,7,11,14,19H,3-6,8-9,17H2,(H,18,20);1H. The average molecular weight is 333 g/mol. The zero-order valence-electron chi connectivity index (χ0n) is 12.3. The maximum atomic E-state index is 13.5. The molecule has 1 saturated heterocycles. The van der Waals surface area contributed by atoms with Gasteiger partial charge in [0, 0.05) is 25.3 Å². The van der Waals surface area contributed by atoms with Gasteiger partial charge in [0.05, 0.1) is 12.6 Å². The van der Waals surface area contributed by atoms with E-state index < -0.39 is 11.9 Å². The van der Waals surface area contributed by atoms with Crippen LogP contribution in [0.2, 0.25) is 0 Å². The molecule has 124 valence electrons. The van der Waals surface area contributed by atoms with E-state index in [9.17, 15) is 9.18 Å². The summed E-state index contributed by atoms with van der Waals surface area (Å²) in [5.74, 6) is -0.571. The number of nitrogens with one attached hydrogen (secondary N) is 1. The van der Waals surface area contributed by atoms with E-state index in [1.807, 2.05) is 0 Å². The zero-order chi connectivity index (χ0) is 15.2. The number of halogens is 2. The molecule has 0 radical (unpaired) electrons. The SMILES string of the molecule is Cl.NC(C(=O)NCc1ccc(CO)c(F)c1)C1CCOCC1. The van der Waals surface area contributed by atoms with Gasteiger partial charge in [-0.3, -0.25) is 4.79 Å². The van der Waals surface area contributed by atoms with E-state index >= 15 is 0 Å². The third kappa shape index (κ3) is 4.91. The van der Waals surface area contributed by atoms with Crippen LogP contribution in [-0.4, -0.2) is 30.3 Å². The van der Waals surface area contributed by atoms with Crippen LogP contribution in [0.15, 0.2) is 18.2 Å². The highest BCUT2D eigenvalue weighted by Crippen LogP contribution is 2.18. The van der Waals surface area contributed by atoms with Gasteiger partial charge in [-0.2, -0.15) is 0 Å². The third-order valence-electron chi connectivity index (χ3n) is 3.83. The lowest BCUT2D eigenvalue weighted by Crippen LogP contribution is -2.46. The Balaban J connectivity index is 0.00000242. The van der Waals surface area contributed by atoms with Crippen molar-refractivity contribution in [2.24, 2.45) is 11.7 Å². The Hall–Kier alpha value is -1.21. The number of aliphatic hydroxyl groups is 1. The van der Waals surface area contributed by atoms with Crippen molar-refractivity contribution in [2.45, 2.75) is 32.0 Å². The van der Waals surface area contributed by atoms with Crippen LogP contribution in [-0.2, 0) is 22.7 Å². The van der Waals surface area contributed by atoms with Crippen LogP contribution >= 0.6 is 12.4 Å². The Morgan fingerprint density at radius 1 is 1.45 bits per heavy atom. The summed E-state index contributed by atoms with van der Waals surface area (Å²) >= 11 is 0. The molecule has 1 unspecified atom stereocenters. The maximum absolute atomic E-state index is 13.5. The molecule has 1 amide bonds. The lowest BCUT2D eigenvalue weighted by molar-refractivity contribution is -0.124. The second-order valence-corrected chi connectivity index (χ2v) is 5.28. The quantitative estimate of drug-likeness (QED) is 0.754. The maximum Gasteiger partial charge on any atom is 0.237 e. The molecule has 2 rings (SSSR count). The van der Waals surface area contributed by atoms with Gasteiger partial charge in [0.1, 0.15) is 5.82 Å². The van der Waals surface area contributed by atoms with Gasteiger partial charge >= 0.3 is 0 Å². The average Bonchev–Trinajstić information content (AvgIpc) is 2.52. The van der Waals surface area contributed by atoms with E-state index in [-0.39, 0.29) is 42.9 Å². The summed E-state index contributed by atoms with van der Waals surface area (Å²) in [6.45, 7) is 1.16. The number of nitrogens with two attached hydrogens (primary N) is 1. The molecular weight excluding hydrogens is 311 g/mol. The minimum absolute atomic E-state index is 0. The fourth-order valence-electron chi connectivity index (χ4n) is 2.43. The highest BCUT2D eigenvalue weighted by Gasteiger charge is 2.26. The first kappa shape index (κ1) is 18.8. The van der Waals surface area contributed by atoms with Gasteiger partial charge in [-0.05, 0) is 30.4 Å². The Morgan fingerprint density at radius 2 is 2.14 bits per heavy atom. The van der Waals surface area contributed by atoms with E-state index in [0.29, 0.717) is 18.8 Å². The van der Waals surface area contributed by atoms with Crippen LogP contribution in [0.5, 0.6) is 0 Å². The lowest BCUT2D eigenvalue weighted by Gasteiger charge is -2.26. The third-order valence-corrected chi connectivity index (χ3v) is 3.83. The Kier molecular flexibility index (Phi) is 7.75. The smallest absolute Gasteiger partial charge is 0.237 e. The molecule has 0 aliphatic carbocycles. The minimum atomic E-state index is -0.560. The molecule has 0 spiro atoms. The van der Waals surface area contributed by atoms with Gasteiger partial charge in [0.15, 0.2) is 0 Å². The van der Waals surface area contributed by atoms with E-state index in [2.05, 4.69) is 5.32 Å². The second-order valence-electron chi connectivity index (χ2n) is 5.28. The lowest BCUT2D eigenvalue weighted by atomic mass is 9.92. The first-order chi connectivity index (χ1) is 10.1. The number of hydrogen-bond acceptors (Lipinski definition) is 4. The number of carbonyl (C=O) groups is 1. The molecule has 1 heterocycles. The van der Waals surface area contributed by atoms with Gasteiger partial charge < -0.3 is 20.9 Å². The van der Waals surface area contributed by atoms with E-state index in [1.54, 1.807) is 6.07 Å². The van der Waals surface area contributed by atoms with Crippen LogP contribution < -0.4 is 11.1 Å². The molecular formula is C15H22ClFN2O3. The molecule has 5 nitrogen and oxygen atoms in total. The fourth-order valence-corrected chi connectivity index (χ4v) is 2.43. The number of amides is 1. The van der Waals surface area contributed by atoms with Crippen molar-refractivity contribution < 1.29 is 19.0 Å². The largest absolute Gasteiger partial charge is 0.392 e. The predicted molar refractivity (Wildman–Crippen MR) is 82.9 cm³/mol. The van der Waals surface area contributed by atoms with Gasteiger partial charge in [-0.25, -0.2) is 4.39 Å². The first-order valence-electron chi connectivity index (χ1n) is 7.11. The summed E-state index contributed by atoms with van der Waals surface area (Å²) in [6.07, 6.45) is 1.57. The Bertz CT molecular complexity index is 496. The molecule has 1 fully saturated rings. The fraction of sp³-hybridized carbons (Fsp3) is 0.533. The summed E-state index contributed by atoms with van der Waals surface area (Å²) < 4.78 is 18.8. The van der Waals surface area contributed by atoms with E-state index in [1.165, 1.54) is 12.1 Å². The van der Waals surface area contributed by atoms with Crippen molar-refractivity contribution in [1.29, 1.82) is 0 Å². The molecule has 1 aromatic rings. The van der Waals surface area contributed by atoms with Gasteiger partial charge in [-0.1, -0.05) is 12.1 Å². The molecule has 22 heavy (non-hydrogen) atoms. The number of rotatable bonds is 5. The summed E-state index contributed by atoms with van der Waals surface area (Å²) in [5.41, 5.74) is 6.83. The molecule has 1 aliphatic rings. The summed E-state index contributed by atoms with van der Waals surface area (Å²) in [7, 11) is 0. The number of hydrogen-bond donors (Lipinski definition) is 3. The van der Waals surface area contributed by atoms with Crippen LogP contribution in [0.4, 0.5) is 4.39 Å². The highest BCUT2D eigenvalue weighted by atomic mass is 35.5. The van der Waals surface area contributed by atoms with Gasteiger partial charge in [0.2, 0.25) is 5.91 Å². The van der Waals surface area contributed by atoms with Crippen LogP contribution in [0.25, 0.3) is 0 Å². The van der Waals surface area contributed by atoms with Crippen LogP contribution in [0.3, 0.4) is 0 Å². The predicted octanol–water partition coefficient (Wildman–Crippen LogP) is 1.11. The van der Waals surface area contributed by atoms with Crippen LogP contribution in [0, 0.1) is 11.7 Å². The van der Waals surface area contributed by atoms with Crippen molar-refractivity contribution in [3.05, 3.63) is 35.1 Å². The molecule has 1 aliphatic heterocycles. The van der Waals surface area contributed by atoms with E-state index in [0.717, 1.165) is 12.8 Å². The monoisotopic (exact) mass is 332 g/mol. The number of aliphatic hydroxyl groups excluding tert-OH is 1. The second kappa shape index (κ2) is 9.05. The molecule has 0 saturated carbocycles. The van der Waals surface area contributed by atoms with Crippen LogP contribution in [0.1, 0.15) is 24.0 Å². The first-order valence-corrected chi connectivity index (χ1v) is 7.11. The molecule has 1 atom stereocenters. The number of carbonyl (C=O) groups excluding carboxylic acids is 1. The van der Waals surface area contributed by atoms with E-state index in [4.69, 9.17) is 15.6 Å². The van der Waals surface area contributed by atoms with Crippen molar-refractivity contribution in [1.82, 2.24) is 5.32 Å². The normalized spacial score (nSPS) is 16.7.